The Balaban J connectivity index is 1.56. The highest BCUT2D eigenvalue weighted by molar-refractivity contribution is 5.90. The SMILES string of the molecule is CCC(C)C1NC(=O)C(NCC(O)C(Cc2ccc(O)cc2)NC(=O)C(C(C)C)N2CCCC2=O)Cc2ccc(cc2)OCCCNC1=O. The molecule has 3 aliphatic rings. The number of carbonyl (C=O) groups is 4. The van der Waals surface area contributed by atoms with E-state index in [0.717, 1.165) is 11.1 Å². The molecule has 49 heavy (non-hydrogen) atoms. The molecule has 1 fully saturated rings. The Morgan fingerprint density at radius 2 is 1.73 bits per heavy atom. The topological polar surface area (TPSA) is 169 Å². The normalized spacial score (nSPS) is 21.5. The summed E-state index contributed by atoms with van der Waals surface area (Å²) in [5.41, 5.74) is 1.63. The Hall–Kier alpha value is -4.16. The molecule has 0 saturated carbocycles. The maximum Gasteiger partial charge on any atom is 0.243 e. The summed E-state index contributed by atoms with van der Waals surface area (Å²) in [6.45, 7) is 8.96. The van der Waals surface area contributed by atoms with Gasteiger partial charge in [-0.2, -0.15) is 0 Å². The van der Waals surface area contributed by atoms with E-state index in [1.165, 1.54) is 0 Å². The second-order valence-corrected chi connectivity index (χ2v) is 13.6. The molecule has 6 atom stereocenters. The monoisotopic (exact) mass is 679 g/mol. The van der Waals surface area contributed by atoms with E-state index in [0.29, 0.717) is 51.1 Å². The number of ether oxygens (including phenoxy) is 1. The maximum atomic E-state index is 13.9. The zero-order chi connectivity index (χ0) is 35.5. The third-order valence-electron chi connectivity index (χ3n) is 9.47. The van der Waals surface area contributed by atoms with Gasteiger partial charge in [-0.1, -0.05) is 58.4 Å². The minimum atomic E-state index is -1.14. The number of fused-ring (bicyclic) bond motifs is 12. The van der Waals surface area contributed by atoms with Crippen molar-refractivity contribution < 1.29 is 34.1 Å². The van der Waals surface area contributed by atoms with E-state index in [2.05, 4.69) is 21.3 Å². The van der Waals surface area contributed by atoms with Gasteiger partial charge in [0, 0.05) is 26.1 Å². The average Bonchev–Trinajstić information content (AvgIpc) is 3.49. The molecule has 2 aromatic rings. The summed E-state index contributed by atoms with van der Waals surface area (Å²) >= 11 is 0. The van der Waals surface area contributed by atoms with E-state index in [1.807, 2.05) is 52.0 Å². The third kappa shape index (κ3) is 10.7. The Morgan fingerprint density at radius 3 is 2.37 bits per heavy atom. The van der Waals surface area contributed by atoms with Crippen molar-refractivity contribution in [2.24, 2.45) is 11.8 Å². The van der Waals surface area contributed by atoms with Crippen molar-refractivity contribution in [3.05, 3.63) is 59.7 Å². The van der Waals surface area contributed by atoms with Crippen LogP contribution in [-0.4, -0.2) is 95.3 Å². The number of nitrogens with one attached hydrogen (secondary N) is 4. The molecule has 2 bridgehead atoms. The molecular formula is C37H53N5O7. The zero-order valence-corrected chi connectivity index (χ0v) is 29.1. The molecule has 0 aromatic heterocycles. The predicted molar refractivity (Wildman–Crippen MR) is 186 cm³/mol. The van der Waals surface area contributed by atoms with Crippen LogP contribution in [0.2, 0.25) is 0 Å². The average molecular weight is 680 g/mol. The van der Waals surface area contributed by atoms with E-state index in [4.69, 9.17) is 4.74 Å². The van der Waals surface area contributed by atoms with E-state index >= 15 is 0 Å². The number of amides is 4. The Bertz CT molecular complexity index is 1400. The number of benzene rings is 2. The zero-order valence-electron chi connectivity index (χ0n) is 29.1. The number of hydrogen-bond acceptors (Lipinski definition) is 8. The second kappa shape index (κ2) is 18.0. The Labute approximate surface area is 289 Å². The smallest absolute Gasteiger partial charge is 0.243 e. The van der Waals surface area contributed by atoms with E-state index in [-0.39, 0.29) is 60.6 Å². The van der Waals surface area contributed by atoms with Gasteiger partial charge in [-0.15, -0.1) is 0 Å². The van der Waals surface area contributed by atoms with Crippen LogP contribution in [-0.2, 0) is 32.0 Å². The fraction of sp³-hybridized carbons (Fsp3) is 0.568. The van der Waals surface area contributed by atoms with Crippen molar-refractivity contribution in [3.63, 3.8) is 0 Å². The van der Waals surface area contributed by atoms with Crippen molar-refractivity contribution in [1.29, 1.82) is 0 Å². The molecule has 3 aliphatic heterocycles. The van der Waals surface area contributed by atoms with Crippen LogP contribution < -0.4 is 26.0 Å². The van der Waals surface area contributed by atoms with Gasteiger partial charge >= 0.3 is 0 Å². The third-order valence-corrected chi connectivity index (χ3v) is 9.47. The van der Waals surface area contributed by atoms with Gasteiger partial charge in [0.25, 0.3) is 0 Å². The highest BCUT2D eigenvalue weighted by Gasteiger charge is 2.37. The van der Waals surface area contributed by atoms with Crippen LogP contribution in [0, 0.1) is 11.8 Å². The molecule has 6 unspecified atom stereocenters. The second-order valence-electron chi connectivity index (χ2n) is 13.6. The number of aliphatic hydroxyl groups is 1. The quantitative estimate of drug-likeness (QED) is 0.198. The van der Waals surface area contributed by atoms with Crippen LogP contribution in [0.1, 0.15) is 64.5 Å². The van der Waals surface area contributed by atoms with Gasteiger partial charge in [0.2, 0.25) is 23.6 Å². The highest BCUT2D eigenvalue weighted by atomic mass is 16.5. The molecule has 12 heteroatoms. The summed E-state index contributed by atoms with van der Waals surface area (Å²) < 4.78 is 5.82. The Kier molecular flexibility index (Phi) is 13.8. The number of phenolic OH excluding ortho intramolecular Hbond substituents is 1. The summed E-state index contributed by atoms with van der Waals surface area (Å²) in [5.74, 6) is -0.555. The number of rotatable bonds is 12. The number of phenols is 1. The van der Waals surface area contributed by atoms with Crippen molar-refractivity contribution in [2.45, 2.75) is 96.5 Å². The van der Waals surface area contributed by atoms with Crippen molar-refractivity contribution >= 4 is 23.6 Å². The van der Waals surface area contributed by atoms with E-state index in [9.17, 15) is 29.4 Å². The molecule has 12 nitrogen and oxygen atoms in total. The molecular weight excluding hydrogens is 626 g/mol. The number of aromatic hydroxyl groups is 1. The number of carbonyl (C=O) groups excluding carboxylic acids is 4. The first-order chi connectivity index (χ1) is 23.5. The van der Waals surface area contributed by atoms with Crippen LogP contribution in [0.4, 0.5) is 0 Å². The maximum absolute atomic E-state index is 13.9. The summed E-state index contributed by atoms with van der Waals surface area (Å²) in [4.78, 5) is 55.0. The lowest BCUT2D eigenvalue weighted by Crippen LogP contribution is -2.59. The molecule has 0 aliphatic carbocycles. The minimum Gasteiger partial charge on any atom is -0.508 e. The van der Waals surface area contributed by atoms with Gasteiger partial charge in [-0.05, 0) is 72.9 Å². The molecule has 0 spiro atoms. The van der Waals surface area contributed by atoms with Gasteiger partial charge in [0.15, 0.2) is 0 Å². The molecule has 5 rings (SSSR count). The molecule has 4 amide bonds. The van der Waals surface area contributed by atoms with Gasteiger partial charge in [0.1, 0.15) is 23.6 Å². The van der Waals surface area contributed by atoms with Gasteiger partial charge < -0.3 is 41.1 Å². The largest absolute Gasteiger partial charge is 0.508 e. The van der Waals surface area contributed by atoms with E-state index in [1.54, 1.807) is 29.2 Å². The predicted octanol–water partition coefficient (Wildman–Crippen LogP) is 2.06. The lowest BCUT2D eigenvalue weighted by atomic mass is 9.96. The highest BCUT2D eigenvalue weighted by Crippen LogP contribution is 2.21. The minimum absolute atomic E-state index is 0.0580. The van der Waals surface area contributed by atoms with Gasteiger partial charge in [-0.3, -0.25) is 19.2 Å². The lowest BCUT2D eigenvalue weighted by Gasteiger charge is -2.33. The van der Waals surface area contributed by atoms with Crippen LogP contribution in [0.15, 0.2) is 48.5 Å². The van der Waals surface area contributed by atoms with Crippen molar-refractivity contribution in [1.82, 2.24) is 26.2 Å². The molecule has 268 valence electrons. The number of likely N-dealkylation sites (tertiary alicyclic amines) is 1. The summed E-state index contributed by atoms with van der Waals surface area (Å²) in [6, 6.07) is 11.0. The van der Waals surface area contributed by atoms with E-state index < -0.39 is 30.3 Å². The first-order valence-electron chi connectivity index (χ1n) is 17.6. The summed E-state index contributed by atoms with van der Waals surface area (Å²) in [6.07, 6.45) is 1.76. The molecule has 2 aromatic carbocycles. The molecule has 6 N–H and O–H groups in total. The number of nitrogens with zero attached hydrogens (tertiary/aromatic N) is 1. The number of hydrogen-bond donors (Lipinski definition) is 6. The van der Waals surface area contributed by atoms with Gasteiger partial charge in [0.05, 0.1) is 24.8 Å². The van der Waals surface area contributed by atoms with Crippen LogP contribution in [0.25, 0.3) is 0 Å². The fourth-order valence-electron chi connectivity index (χ4n) is 6.36. The lowest BCUT2D eigenvalue weighted by molar-refractivity contribution is -0.139. The molecule has 0 radical (unpaired) electrons. The molecule has 3 heterocycles. The standard InChI is InChI=1S/C37H53N5O7/c1-5-24(4)33-36(47)38-17-7-19-49-28-15-11-26(12-16-28)21-30(35(46)41-33)39-22-31(44)29(20-25-9-13-27(43)14-10-25)40-37(48)34(23(2)3)42-18-6-8-32(42)45/h9-16,23-24,29-31,33-34,39,43-44H,5-8,17-22H2,1-4H3,(H,38,47)(H,40,48)(H,41,46). The summed E-state index contributed by atoms with van der Waals surface area (Å²) in [7, 11) is 0. The summed E-state index contributed by atoms with van der Waals surface area (Å²) in [5, 5.41) is 33.6. The van der Waals surface area contributed by atoms with Crippen LogP contribution in [0.3, 0.4) is 0 Å². The first-order valence-corrected chi connectivity index (χ1v) is 17.6. The van der Waals surface area contributed by atoms with Crippen LogP contribution in [0.5, 0.6) is 11.5 Å². The molecule has 1 saturated heterocycles. The number of aliphatic hydroxyl groups excluding tert-OH is 1. The van der Waals surface area contributed by atoms with Gasteiger partial charge in [-0.25, -0.2) is 0 Å². The van der Waals surface area contributed by atoms with Crippen molar-refractivity contribution in [2.75, 3.05) is 26.2 Å². The Morgan fingerprint density at radius 1 is 1.02 bits per heavy atom. The first kappa shape index (κ1) is 37.7. The fourth-order valence-corrected chi connectivity index (χ4v) is 6.36. The van der Waals surface area contributed by atoms with Crippen molar-refractivity contribution in [3.8, 4) is 11.5 Å². The van der Waals surface area contributed by atoms with Crippen LogP contribution >= 0.6 is 0 Å².